The van der Waals surface area contributed by atoms with Gasteiger partial charge in [-0.05, 0) is 27.2 Å². The maximum absolute atomic E-state index is 11.8. The zero-order valence-electron chi connectivity index (χ0n) is 9.72. The lowest BCUT2D eigenvalue weighted by atomic mass is 10.1. The highest BCUT2D eigenvalue weighted by Gasteiger charge is 2.13. The number of aromatic nitrogens is 2. The Morgan fingerprint density at radius 2 is 1.73 bits per heavy atom. The monoisotopic (exact) mass is 207 g/mol. The number of nitrogens with zero attached hydrogens (tertiary/aromatic N) is 2. The molecule has 0 atom stereocenters. The SMILES string of the molecule is CCCNC(=O)c1c(C)nc(C)nc1C. The standard InChI is InChI=1S/C11H17N3O/c1-5-6-12-11(15)10-7(2)13-9(4)14-8(10)3/h5-6H2,1-4H3,(H,12,15). The van der Waals surface area contributed by atoms with Crippen molar-refractivity contribution in [3.63, 3.8) is 0 Å². The summed E-state index contributed by atoms with van der Waals surface area (Å²) in [4.78, 5) is 20.1. The molecule has 0 bridgehead atoms. The maximum atomic E-state index is 11.8. The molecule has 1 aromatic rings. The van der Waals surface area contributed by atoms with E-state index in [4.69, 9.17) is 0 Å². The van der Waals surface area contributed by atoms with Gasteiger partial charge in [0.1, 0.15) is 5.82 Å². The van der Waals surface area contributed by atoms with Crippen LogP contribution in [0.15, 0.2) is 0 Å². The Bertz CT molecular complexity index is 351. The van der Waals surface area contributed by atoms with Crippen molar-refractivity contribution < 1.29 is 4.79 Å². The highest BCUT2D eigenvalue weighted by molar-refractivity contribution is 5.96. The summed E-state index contributed by atoms with van der Waals surface area (Å²) >= 11 is 0. The second kappa shape index (κ2) is 4.87. The minimum Gasteiger partial charge on any atom is -0.352 e. The quantitative estimate of drug-likeness (QED) is 0.818. The predicted octanol–water partition coefficient (Wildman–Crippen LogP) is 1.54. The fraction of sp³-hybridized carbons (Fsp3) is 0.545. The molecule has 1 N–H and O–H groups in total. The molecular formula is C11H17N3O. The average Bonchev–Trinajstić information content (AvgIpc) is 2.12. The maximum Gasteiger partial charge on any atom is 0.254 e. The zero-order chi connectivity index (χ0) is 11.4. The minimum atomic E-state index is -0.0770. The lowest BCUT2D eigenvalue weighted by molar-refractivity contribution is 0.0951. The molecule has 4 nitrogen and oxygen atoms in total. The molecular weight excluding hydrogens is 190 g/mol. The summed E-state index contributed by atoms with van der Waals surface area (Å²) in [7, 11) is 0. The second-order valence-electron chi connectivity index (χ2n) is 3.57. The van der Waals surface area contributed by atoms with Crippen molar-refractivity contribution in [2.24, 2.45) is 0 Å². The first-order chi connectivity index (χ1) is 7.06. The summed E-state index contributed by atoms with van der Waals surface area (Å²) < 4.78 is 0. The van der Waals surface area contributed by atoms with Gasteiger partial charge < -0.3 is 5.32 Å². The van der Waals surface area contributed by atoms with Gasteiger partial charge in [0.2, 0.25) is 0 Å². The third-order valence-corrected chi connectivity index (χ3v) is 2.15. The van der Waals surface area contributed by atoms with Gasteiger partial charge in [0.15, 0.2) is 0 Å². The van der Waals surface area contributed by atoms with Gasteiger partial charge in [0.25, 0.3) is 5.91 Å². The first kappa shape index (κ1) is 11.6. The Morgan fingerprint density at radius 3 is 2.20 bits per heavy atom. The number of carbonyl (C=O) groups excluding carboxylic acids is 1. The van der Waals surface area contributed by atoms with Crippen molar-refractivity contribution in [2.75, 3.05) is 6.54 Å². The van der Waals surface area contributed by atoms with Gasteiger partial charge in [-0.1, -0.05) is 6.92 Å². The van der Waals surface area contributed by atoms with Gasteiger partial charge in [-0.25, -0.2) is 9.97 Å². The van der Waals surface area contributed by atoms with Crippen LogP contribution in [0.5, 0.6) is 0 Å². The van der Waals surface area contributed by atoms with E-state index in [9.17, 15) is 4.79 Å². The molecule has 0 aromatic carbocycles. The smallest absolute Gasteiger partial charge is 0.254 e. The van der Waals surface area contributed by atoms with E-state index >= 15 is 0 Å². The summed E-state index contributed by atoms with van der Waals surface area (Å²) in [6.45, 7) is 8.20. The van der Waals surface area contributed by atoms with Crippen molar-refractivity contribution in [3.8, 4) is 0 Å². The van der Waals surface area contributed by atoms with E-state index in [1.807, 2.05) is 27.7 Å². The van der Waals surface area contributed by atoms with E-state index in [1.54, 1.807) is 0 Å². The summed E-state index contributed by atoms with van der Waals surface area (Å²) in [6, 6.07) is 0. The lowest BCUT2D eigenvalue weighted by Gasteiger charge is -2.09. The second-order valence-corrected chi connectivity index (χ2v) is 3.57. The van der Waals surface area contributed by atoms with Gasteiger partial charge in [0, 0.05) is 6.54 Å². The normalized spacial score (nSPS) is 10.1. The molecule has 0 spiro atoms. The Kier molecular flexibility index (Phi) is 3.77. The van der Waals surface area contributed by atoms with Crippen LogP contribution in [-0.4, -0.2) is 22.4 Å². The summed E-state index contributed by atoms with van der Waals surface area (Å²) in [5, 5.41) is 2.83. The molecule has 0 aliphatic carbocycles. The molecule has 0 radical (unpaired) electrons. The number of carbonyl (C=O) groups is 1. The zero-order valence-corrected chi connectivity index (χ0v) is 9.72. The predicted molar refractivity (Wildman–Crippen MR) is 58.9 cm³/mol. The van der Waals surface area contributed by atoms with Crippen LogP contribution < -0.4 is 5.32 Å². The molecule has 1 aromatic heterocycles. The Balaban J connectivity index is 2.98. The summed E-state index contributed by atoms with van der Waals surface area (Å²) in [6.07, 6.45) is 0.927. The van der Waals surface area contributed by atoms with Crippen molar-refractivity contribution in [1.82, 2.24) is 15.3 Å². The Labute approximate surface area is 90.1 Å². The molecule has 0 aliphatic rings. The molecule has 0 saturated carbocycles. The van der Waals surface area contributed by atoms with E-state index in [2.05, 4.69) is 15.3 Å². The van der Waals surface area contributed by atoms with E-state index in [0.29, 0.717) is 17.9 Å². The van der Waals surface area contributed by atoms with Crippen LogP contribution in [0.3, 0.4) is 0 Å². The Morgan fingerprint density at radius 1 is 1.20 bits per heavy atom. The van der Waals surface area contributed by atoms with Crippen molar-refractivity contribution in [2.45, 2.75) is 34.1 Å². The largest absolute Gasteiger partial charge is 0.352 e. The third-order valence-electron chi connectivity index (χ3n) is 2.15. The number of hydrogen-bond donors (Lipinski definition) is 1. The number of rotatable bonds is 3. The number of hydrogen-bond acceptors (Lipinski definition) is 3. The van der Waals surface area contributed by atoms with Gasteiger partial charge in [-0.15, -0.1) is 0 Å². The fourth-order valence-electron chi connectivity index (χ4n) is 1.54. The van der Waals surface area contributed by atoms with Gasteiger partial charge in [-0.2, -0.15) is 0 Å². The van der Waals surface area contributed by atoms with Crippen LogP contribution in [0.4, 0.5) is 0 Å². The highest BCUT2D eigenvalue weighted by atomic mass is 16.1. The van der Waals surface area contributed by atoms with Crippen molar-refractivity contribution in [1.29, 1.82) is 0 Å². The molecule has 0 aliphatic heterocycles. The summed E-state index contributed by atoms with van der Waals surface area (Å²) in [5.41, 5.74) is 2.09. The van der Waals surface area contributed by atoms with Crippen LogP contribution in [0, 0.1) is 20.8 Å². The van der Waals surface area contributed by atoms with Crippen LogP contribution >= 0.6 is 0 Å². The molecule has 0 unspecified atom stereocenters. The molecule has 4 heteroatoms. The topological polar surface area (TPSA) is 54.9 Å². The molecule has 15 heavy (non-hydrogen) atoms. The first-order valence-corrected chi connectivity index (χ1v) is 5.16. The van der Waals surface area contributed by atoms with Gasteiger partial charge in [0.05, 0.1) is 17.0 Å². The van der Waals surface area contributed by atoms with E-state index in [0.717, 1.165) is 17.8 Å². The van der Waals surface area contributed by atoms with Gasteiger partial charge in [-0.3, -0.25) is 4.79 Å². The Hall–Kier alpha value is -1.45. The van der Waals surface area contributed by atoms with Crippen LogP contribution in [0.2, 0.25) is 0 Å². The number of aryl methyl sites for hydroxylation is 3. The van der Waals surface area contributed by atoms with Crippen LogP contribution in [0.1, 0.15) is 40.9 Å². The highest BCUT2D eigenvalue weighted by Crippen LogP contribution is 2.09. The summed E-state index contributed by atoms with van der Waals surface area (Å²) in [5.74, 6) is 0.629. The molecule has 1 heterocycles. The molecule has 0 saturated heterocycles. The van der Waals surface area contributed by atoms with Crippen molar-refractivity contribution >= 4 is 5.91 Å². The minimum absolute atomic E-state index is 0.0770. The fourth-order valence-corrected chi connectivity index (χ4v) is 1.54. The van der Waals surface area contributed by atoms with Crippen LogP contribution in [0.25, 0.3) is 0 Å². The van der Waals surface area contributed by atoms with Gasteiger partial charge >= 0.3 is 0 Å². The molecule has 82 valence electrons. The molecule has 1 rings (SSSR count). The van der Waals surface area contributed by atoms with E-state index < -0.39 is 0 Å². The van der Waals surface area contributed by atoms with E-state index in [-0.39, 0.29) is 5.91 Å². The van der Waals surface area contributed by atoms with E-state index in [1.165, 1.54) is 0 Å². The van der Waals surface area contributed by atoms with Crippen LogP contribution in [-0.2, 0) is 0 Å². The average molecular weight is 207 g/mol. The number of nitrogens with one attached hydrogen (secondary N) is 1. The third kappa shape index (κ3) is 2.75. The number of amides is 1. The first-order valence-electron chi connectivity index (χ1n) is 5.16. The molecule has 0 fully saturated rings. The molecule has 1 amide bonds. The van der Waals surface area contributed by atoms with Crippen molar-refractivity contribution in [3.05, 3.63) is 22.8 Å². The lowest BCUT2D eigenvalue weighted by Crippen LogP contribution is -2.26.